The van der Waals surface area contributed by atoms with Gasteiger partial charge >= 0.3 is 5.97 Å². The van der Waals surface area contributed by atoms with Gasteiger partial charge in [0, 0.05) is 0 Å². The minimum absolute atomic E-state index is 0.149. The van der Waals surface area contributed by atoms with Crippen LogP contribution in [0.1, 0.15) is 31.1 Å². The van der Waals surface area contributed by atoms with E-state index in [1.54, 1.807) is 0 Å². The fourth-order valence-corrected chi connectivity index (χ4v) is 1.29. The van der Waals surface area contributed by atoms with Crippen molar-refractivity contribution in [2.24, 2.45) is 0 Å². The summed E-state index contributed by atoms with van der Waals surface area (Å²) < 4.78 is 10.9. The van der Waals surface area contributed by atoms with Gasteiger partial charge in [0.2, 0.25) is 0 Å². The minimum Gasteiger partial charge on any atom is -0.489 e. The van der Waals surface area contributed by atoms with E-state index in [-0.39, 0.29) is 11.2 Å². The Kier molecular flexibility index (Phi) is 4.55. The van der Waals surface area contributed by atoms with Crippen LogP contribution in [0.15, 0.2) is 18.2 Å². The SMILES string of the molecule is CC(C)(C)OCCOc1cc(C(=O)O)ccc1N. The van der Waals surface area contributed by atoms with Crippen LogP contribution in [0.3, 0.4) is 0 Å². The standard InChI is InChI=1S/C13H19NO4/c1-13(2,3)18-7-6-17-11-8-9(12(15)16)4-5-10(11)14/h4-5,8H,6-7,14H2,1-3H3,(H,15,16). The van der Waals surface area contributed by atoms with Gasteiger partial charge in [-0.15, -0.1) is 0 Å². The Labute approximate surface area is 107 Å². The second kappa shape index (κ2) is 5.73. The Morgan fingerprint density at radius 1 is 1.33 bits per heavy atom. The molecule has 0 aliphatic heterocycles. The predicted molar refractivity (Wildman–Crippen MR) is 69.0 cm³/mol. The number of aromatic carboxylic acids is 1. The van der Waals surface area contributed by atoms with Crippen LogP contribution in [0.25, 0.3) is 0 Å². The first-order valence-corrected chi connectivity index (χ1v) is 5.69. The largest absolute Gasteiger partial charge is 0.489 e. The van der Waals surface area contributed by atoms with Gasteiger partial charge in [-0.25, -0.2) is 4.79 Å². The van der Waals surface area contributed by atoms with Crippen LogP contribution in [0, 0.1) is 0 Å². The molecule has 0 saturated heterocycles. The van der Waals surface area contributed by atoms with E-state index in [2.05, 4.69) is 0 Å². The average Bonchev–Trinajstić information content (AvgIpc) is 2.24. The van der Waals surface area contributed by atoms with Crippen molar-refractivity contribution >= 4 is 11.7 Å². The number of rotatable bonds is 5. The second-order valence-corrected chi connectivity index (χ2v) is 4.87. The Balaban J connectivity index is 2.56. The number of carbonyl (C=O) groups is 1. The maximum atomic E-state index is 10.8. The summed E-state index contributed by atoms with van der Waals surface area (Å²) in [5.41, 5.74) is 6.04. The lowest BCUT2D eigenvalue weighted by atomic mass is 10.2. The van der Waals surface area contributed by atoms with Crippen molar-refractivity contribution in [3.05, 3.63) is 23.8 Å². The molecular weight excluding hydrogens is 234 g/mol. The molecule has 0 aliphatic carbocycles. The Morgan fingerprint density at radius 2 is 2.00 bits per heavy atom. The molecular formula is C13H19NO4. The summed E-state index contributed by atoms with van der Waals surface area (Å²) in [5.74, 6) is -0.641. The summed E-state index contributed by atoms with van der Waals surface area (Å²) in [7, 11) is 0. The summed E-state index contributed by atoms with van der Waals surface area (Å²) in [4.78, 5) is 10.8. The van der Waals surface area contributed by atoms with E-state index < -0.39 is 5.97 Å². The van der Waals surface area contributed by atoms with Crippen LogP contribution >= 0.6 is 0 Å². The quantitative estimate of drug-likeness (QED) is 0.620. The number of nitrogen functional groups attached to an aromatic ring is 1. The number of anilines is 1. The van der Waals surface area contributed by atoms with E-state index in [9.17, 15) is 4.79 Å². The van der Waals surface area contributed by atoms with E-state index in [0.29, 0.717) is 24.7 Å². The predicted octanol–water partition coefficient (Wildman–Crippen LogP) is 2.16. The molecule has 1 aromatic rings. The fraction of sp³-hybridized carbons (Fsp3) is 0.462. The van der Waals surface area contributed by atoms with Crippen molar-refractivity contribution in [1.29, 1.82) is 0 Å². The third-order valence-electron chi connectivity index (χ3n) is 2.14. The van der Waals surface area contributed by atoms with Crippen molar-refractivity contribution in [2.45, 2.75) is 26.4 Å². The first kappa shape index (κ1) is 14.3. The molecule has 0 heterocycles. The van der Waals surface area contributed by atoms with Gasteiger partial charge in [0.05, 0.1) is 23.5 Å². The zero-order chi connectivity index (χ0) is 13.8. The van der Waals surface area contributed by atoms with Gasteiger partial charge in [-0.2, -0.15) is 0 Å². The molecule has 0 bridgehead atoms. The zero-order valence-electron chi connectivity index (χ0n) is 10.9. The lowest BCUT2D eigenvalue weighted by Crippen LogP contribution is -2.22. The summed E-state index contributed by atoms with van der Waals surface area (Å²) >= 11 is 0. The maximum Gasteiger partial charge on any atom is 0.335 e. The fourth-order valence-electron chi connectivity index (χ4n) is 1.29. The molecule has 1 aromatic carbocycles. The van der Waals surface area contributed by atoms with E-state index in [0.717, 1.165) is 0 Å². The molecule has 1 rings (SSSR count). The van der Waals surface area contributed by atoms with Gasteiger partial charge in [0.1, 0.15) is 12.4 Å². The third-order valence-corrected chi connectivity index (χ3v) is 2.14. The topological polar surface area (TPSA) is 81.8 Å². The minimum atomic E-state index is -1.01. The van der Waals surface area contributed by atoms with Crippen molar-refractivity contribution in [1.82, 2.24) is 0 Å². The molecule has 5 heteroatoms. The molecule has 0 radical (unpaired) electrons. The molecule has 0 saturated carbocycles. The summed E-state index contributed by atoms with van der Waals surface area (Å²) in [6.45, 7) is 6.59. The molecule has 100 valence electrons. The molecule has 0 aliphatic rings. The van der Waals surface area contributed by atoms with Crippen LogP contribution in [0.2, 0.25) is 0 Å². The van der Waals surface area contributed by atoms with Crippen molar-refractivity contribution in [2.75, 3.05) is 18.9 Å². The summed E-state index contributed by atoms with van der Waals surface area (Å²) in [6.07, 6.45) is 0. The van der Waals surface area contributed by atoms with Gasteiger partial charge < -0.3 is 20.3 Å². The highest BCUT2D eigenvalue weighted by Crippen LogP contribution is 2.22. The first-order chi connectivity index (χ1) is 8.29. The normalized spacial score (nSPS) is 11.3. The molecule has 18 heavy (non-hydrogen) atoms. The van der Waals surface area contributed by atoms with Crippen LogP contribution in [-0.4, -0.2) is 29.9 Å². The number of benzene rings is 1. The molecule has 0 unspecified atom stereocenters. The highest BCUT2D eigenvalue weighted by molar-refractivity contribution is 5.89. The van der Waals surface area contributed by atoms with Crippen LogP contribution in [0.5, 0.6) is 5.75 Å². The number of hydrogen-bond donors (Lipinski definition) is 2. The van der Waals surface area contributed by atoms with Gasteiger partial charge in [-0.1, -0.05) is 0 Å². The van der Waals surface area contributed by atoms with E-state index in [1.165, 1.54) is 18.2 Å². The van der Waals surface area contributed by atoms with Crippen molar-refractivity contribution in [3.8, 4) is 5.75 Å². The molecule has 0 spiro atoms. The van der Waals surface area contributed by atoms with E-state index >= 15 is 0 Å². The molecule has 0 atom stereocenters. The highest BCUT2D eigenvalue weighted by Gasteiger charge is 2.11. The van der Waals surface area contributed by atoms with E-state index in [4.69, 9.17) is 20.3 Å². The van der Waals surface area contributed by atoms with Gasteiger partial charge in [-0.3, -0.25) is 0 Å². The number of ether oxygens (including phenoxy) is 2. The molecule has 5 nitrogen and oxygen atoms in total. The lowest BCUT2D eigenvalue weighted by molar-refractivity contribution is -0.0162. The van der Waals surface area contributed by atoms with Crippen molar-refractivity contribution in [3.63, 3.8) is 0 Å². The second-order valence-electron chi connectivity index (χ2n) is 4.87. The van der Waals surface area contributed by atoms with Crippen LogP contribution in [0.4, 0.5) is 5.69 Å². The highest BCUT2D eigenvalue weighted by atomic mass is 16.5. The molecule has 0 aromatic heterocycles. The lowest BCUT2D eigenvalue weighted by Gasteiger charge is -2.19. The summed E-state index contributed by atoms with van der Waals surface area (Å²) in [6, 6.07) is 4.37. The maximum absolute atomic E-state index is 10.8. The average molecular weight is 253 g/mol. The van der Waals surface area contributed by atoms with E-state index in [1.807, 2.05) is 20.8 Å². The number of nitrogens with two attached hydrogens (primary N) is 1. The van der Waals surface area contributed by atoms with Gasteiger partial charge in [0.15, 0.2) is 0 Å². The van der Waals surface area contributed by atoms with Crippen LogP contribution < -0.4 is 10.5 Å². The Bertz CT molecular complexity index is 423. The number of carboxylic acids is 1. The van der Waals surface area contributed by atoms with Crippen LogP contribution in [-0.2, 0) is 4.74 Å². The van der Waals surface area contributed by atoms with Gasteiger partial charge in [0.25, 0.3) is 0 Å². The zero-order valence-corrected chi connectivity index (χ0v) is 10.9. The molecule has 0 amide bonds. The third kappa shape index (κ3) is 4.63. The van der Waals surface area contributed by atoms with Crippen molar-refractivity contribution < 1.29 is 19.4 Å². The number of hydrogen-bond acceptors (Lipinski definition) is 4. The smallest absolute Gasteiger partial charge is 0.335 e. The van der Waals surface area contributed by atoms with Gasteiger partial charge in [-0.05, 0) is 39.0 Å². The Hall–Kier alpha value is -1.75. The molecule has 0 fully saturated rings. The Morgan fingerprint density at radius 3 is 2.56 bits per heavy atom. The first-order valence-electron chi connectivity index (χ1n) is 5.69. The molecule has 3 N–H and O–H groups in total. The summed E-state index contributed by atoms with van der Waals surface area (Å²) in [5, 5.41) is 8.86. The number of carboxylic acid groups (broad SMARTS) is 1. The monoisotopic (exact) mass is 253 g/mol.